The van der Waals surface area contributed by atoms with Crippen molar-refractivity contribution in [3.63, 3.8) is 0 Å². The third-order valence-electron chi connectivity index (χ3n) is 3.35. The number of rotatable bonds is 6. The van der Waals surface area contributed by atoms with Crippen LogP contribution in [0.2, 0.25) is 0 Å². The predicted octanol–water partition coefficient (Wildman–Crippen LogP) is 3.49. The summed E-state index contributed by atoms with van der Waals surface area (Å²) < 4.78 is 5.68. The molecule has 0 saturated heterocycles. The normalized spacial score (nSPS) is 10.3. The molecular formula is C18H18N4O2S. The average molecular weight is 354 g/mol. The third-order valence-corrected chi connectivity index (χ3v) is 4.20. The van der Waals surface area contributed by atoms with Gasteiger partial charge in [0.05, 0.1) is 0 Å². The van der Waals surface area contributed by atoms with Gasteiger partial charge in [-0.2, -0.15) is 0 Å². The molecule has 1 aromatic carbocycles. The molecule has 3 rings (SSSR count). The molecule has 2 N–H and O–H groups in total. The van der Waals surface area contributed by atoms with Crippen molar-refractivity contribution in [2.24, 2.45) is 0 Å². The van der Waals surface area contributed by atoms with Gasteiger partial charge in [-0.05, 0) is 55.6 Å². The molecule has 2 heterocycles. The summed E-state index contributed by atoms with van der Waals surface area (Å²) in [6, 6.07) is 12.8. The van der Waals surface area contributed by atoms with E-state index in [9.17, 15) is 4.79 Å². The SMILES string of the molecule is Cc1cc(C)nc(NNC(=O)c2ccc(OCc3cccs3)cc2)n1. The maximum absolute atomic E-state index is 12.2. The summed E-state index contributed by atoms with van der Waals surface area (Å²) in [6.45, 7) is 4.27. The van der Waals surface area contributed by atoms with Crippen LogP contribution in [0.4, 0.5) is 5.95 Å². The number of benzene rings is 1. The minimum absolute atomic E-state index is 0.271. The van der Waals surface area contributed by atoms with Gasteiger partial charge < -0.3 is 4.74 Å². The van der Waals surface area contributed by atoms with E-state index >= 15 is 0 Å². The highest BCUT2D eigenvalue weighted by Crippen LogP contribution is 2.16. The zero-order valence-electron chi connectivity index (χ0n) is 13.9. The number of carbonyl (C=O) groups excluding carboxylic acids is 1. The summed E-state index contributed by atoms with van der Waals surface area (Å²) in [5.74, 6) is 0.810. The number of hydrogen-bond donors (Lipinski definition) is 2. The molecule has 3 aromatic rings. The molecule has 0 bridgehead atoms. The van der Waals surface area contributed by atoms with Crippen LogP contribution < -0.4 is 15.6 Å². The molecule has 128 valence electrons. The van der Waals surface area contributed by atoms with Gasteiger partial charge in [0.2, 0.25) is 5.95 Å². The van der Waals surface area contributed by atoms with Crippen molar-refractivity contribution in [2.45, 2.75) is 20.5 Å². The summed E-state index contributed by atoms with van der Waals surface area (Å²) >= 11 is 1.65. The number of aromatic nitrogens is 2. The van der Waals surface area contributed by atoms with Gasteiger partial charge in [0.15, 0.2) is 0 Å². The van der Waals surface area contributed by atoms with Crippen molar-refractivity contribution in [2.75, 3.05) is 5.43 Å². The first-order valence-electron chi connectivity index (χ1n) is 7.74. The molecule has 0 aliphatic heterocycles. The smallest absolute Gasteiger partial charge is 0.269 e. The second kappa shape index (κ2) is 7.76. The van der Waals surface area contributed by atoms with E-state index in [1.54, 1.807) is 35.6 Å². The van der Waals surface area contributed by atoms with E-state index in [1.807, 2.05) is 37.4 Å². The lowest BCUT2D eigenvalue weighted by Crippen LogP contribution is -2.30. The van der Waals surface area contributed by atoms with E-state index in [-0.39, 0.29) is 5.91 Å². The van der Waals surface area contributed by atoms with Gasteiger partial charge in [-0.3, -0.25) is 15.6 Å². The van der Waals surface area contributed by atoms with E-state index in [2.05, 4.69) is 20.8 Å². The van der Waals surface area contributed by atoms with E-state index in [4.69, 9.17) is 4.74 Å². The van der Waals surface area contributed by atoms with Gasteiger partial charge in [-0.1, -0.05) is 6.07 Å². The monoisotopic (exact) mass is 354 g/mol. The molecule has 25 heavy (non-hydrogen) atoms. The van der Waals surface area contributed by atoms with Gasteiger partial charge >= 0.3 is 0 Å². The van der Waals surface area contributed by atoms with E-state index in [1.165, 1.54) is 0 Å². The zero-order chi connectivity index (χ0) is 17.6. The Morgan fingerprint density at radius 3 is 2.48 bits per heavy atom. The summed E-state index contributed by atoms with van der Waals surface area (Å²) in [4.78, 5) is 21.7. The van der Waals surface area contributed by atoms with Gasteiger partial charge in [0, 0.05) is 21.8 Å². The number of hydrogen-bond acceptors (Lipinski definition) is 6. The number of thiophene rings is 1. The van der Waals surface area contributed by atoms with Crippen molar-refractivity contribution in [3.8, 4) is 5.75 Å². The van der Waals surface area contributed by atoms with Crippen LogP contribution in [0.3, 0.4) is 0 Å². The van der Waals surface area contributed by atoms with Crippen LogP contribution in [0.5, 0.6) is 5.75 Å². The highest BCUT2D eigenvalue weighted by Gasteiger charge is 2.07. The highest BCUT2D eigenvalue weighted by molar-refractivity contribution is 7.09. The fourth-order valence-corrected chi connectivity index (χ4v) is 2.83. The maximum atomic E-state index is 12.2. The molecule has 0 aliphatic carbocycles. The molecule has 7 heteroatoms. The number of nitrogens with zero attached hydrogens (tertiary/aromatic N) is 2. The van der Waals surface area contributed by atoms with Crippen LogP contribution in [0.15, 0.2) is 47.8 Å². The fourth-order valence-electron chi connectivity index (χ4n) is 2.22. The number of nitrogens with one attached hydrogen (secondary N) is 2. The first kappa shape index (κ1) is 16.9. The topological polar surface area (TPSA) is 76.1 Å². The Kier molecular flexibility index (Phi) is 5.25. The van der Waals surface area contributed by atoms with E-state index < -0.39 is 0 Å². The molecule has 0 saturated carbocycles. The zero-order valence-corrected chi connectivity index (χ0v) is 14.8. The third kappa shape index (κ3) is 4.77. The average Bonchev–Trinajstić information content (AvgIpc) is 3.11. The highest BCUT2D eigenvalue weighted by atomic mass is 32.1. The number of amides is 1. The standard InChI is InChI=1S/C18H18N4O2S/c1-12-10-13(2)20-18(19-12)22-21-17(23)14-5-7-15(8-6-14)24-11-16-4-3-9-25-16/h3-10H,11H2,1-2H3,(H,21,23)(H,19,20,22). The molecule has 6 nitrogen and oxygen atoms in total. The molecule has 0 spiro atoms. The molecule has 0 radical (unpaired) electrons. The van der Waals surface area contributed by atoms with Gasteiger partial charge in [-0.15, -0.1) is 11.3 Å². The summed E-state index contributed by atoms with van der Waals surface area (Å²) in [7, 11) is 0. The lowest BCUT2D eigenvalue weighted by atomic mass is 10.2. The molecule has 0 unspecified atom stereocenters. The predicted molar refractivity (Wildman–Crippen MR) is 97.7 cm³/mol. The molecule has 2 aromatic heterocycles. The second-order valence-electron chi connectivity index (χ2n) is 5.45. The molecule has 0 fully saturated rings. The van der Waals surface area contributed by atoms with Crippen molar-refractivity contribution < 1.29 is 9.53 Å². The fraction of sp³-hybridized carbons (Fsp3) is 0.167. The Morgan fingerprint density at radius 2 is 1.84 bits per heavy atom. The van der Waals surface area contributed by atoms with Crippen molar-refractivity contribution >= 4 is 23.2 Å². The summed E-state index contributed by atoms with van der Waals surface area (Å²) in [5, 5.41) is 2.01. The van der Waals surface area contributed by atoms with Crippen LogP contribution in [0.1, 0.15) is 26.6 Å². The van der Waals surface area contributed by atoms with Crippen molar-refractivity contribution in [1.82, 2.24) is 15.4 Å². The number of ether oxygens (including phenoxy) is 1. The first-order chi connectivity index (χ1) is 12.1. The maximum Gasteiger partial charge on any atom is 0.269 e. The Bertz CT molecular complexity index is 828. The van der Waals surface area contributed by atoms with Crippen LogP contribution >= 0.6 is 11.3 Å². The number of carbonyl (C=O) groups is 1. The van der Waals surface area contributed by atoms with Gasteiger partial charge in [0.1, 0.15) is 12.4 Å². The Labute approximate surface area is 149 Å². The van der Waals surface area contributed by atoms with Crippen molar-refractivity contribution in [1.29, 1.82) is 0 Å². The molecular weight excluding hydrogens is 336 g/mol. The summed E-state index contributed by atoms with van der Waals surface area (Å²) in [5.41, 5.74) is 7.50. The minimum atomic E-state index is -0.271. The molecule has 0 atom stereocenters. The Morgan fingerprint density at radius 1 is 1.12 bits per heavy atom. The molecule has 1 amide bonds. The van der Waals surface area contributed by atoms with Gasteiger partial charge in [0.25, 0.3) is 5.91 Å². The molecule has 0 aliphatic rings. The minimum Gasteiger partial charge on any atom is -0.488 e. The largest absolute Gasteiger partial charge is 0.488 e. The van der Waals surface area contributed by atoms with Gasteiger partial charge in [-0.25, -0.2) is 9.97 Å². The quantitative estimate of drug-likeness (QED) is 0.663. The number of hydrazine groups is 1. The van der Waals surface area contributed by atoms with Crippen LogP contribution in [-0.2, 0) is 6.61 Å². The van der Waals surface area contributed by atoms with Crippen LogP contribution in [0, 0.1) is 13.8 Å². The first-order valence-corrected chi connectivity index (χ1v) is 8.62. The number of anilines is 1. The van der Waals surface area contributed by atoms with Crippen LogP contribution in [-0.4, -0.2) is 15.9 Å². The Hall–Kier alpha value is -2.93. The van der Waals surface area contributed by atoms with Crippen molar-refractivity contribution in [3.05, 3.63) is 69.7 Å². The lowest BCUT2D eigenvalue weighted by Gasteiger charge is -2.09. The van der Waals surface area contributed by atoms with E-state index in [0.29, 0.717) is 18.1 Å². The second-order valence-corrected chi connectivity index (χ2v) is 6.48. The van der Waals surface area contributed by atoms with Crippen LogP contribution in [0.25, 0.3) is 0 Å². The lowest BCUT2D eigenvalue weighted by molar-refractivity contribution is 0.0962. The number of aryl methyl sites for hydroxylation is 2. The summed E-state index contributed by atoms with van der Waals surface area (Å²) in [6.07, 6.45) is 0. The van der Waals surface area contributed by atoms with E-state index in [0.717, 1.165) is 22.0 Å². The Balaban J connectivity index is 1.55.